The molecule has 0 saturated carbocycles. The highest BCUT2D eigenvalue weighted by molar-refractivity contribution is 7.89. The Bertz CT molecular complexity index is 735. The van der Waals surface area contributed by atoms with E-state index < -0.39 is 10.0 Å². The van der Waals surface area contributed by atoms with Crippen molar-refractivity contribution >= 4 is 10.0 Å². The normalized spacial score (nSPS) is 11.7. The summed E-state index contributed by atoms with van der Waals surface area (Å²) < 4.78 is 32.5. The third kappa shape index (κ3) is 5.08. The Hall–Kier alpha value is -1.85. The van der Waals surface area contributed by atoms with Gasteiger partial charge in [-0.25, -0.2) is 13.1 Å². The van der Waals surface area contributed by atoms with E-state index in [2.05, 4.69) is 18.6 Å². The minimum atomic E-state index is -3.49. The van der Waals surface area contributed by atoms with Crippen LogP contribution in [0.2, 0.25) is 0 Å². The Morgan fingerprint density at radius 1 is 1.00 bits per heavy atom. The average molecular weight is 347 g/mol. The van der Waals surface area contributed by atoms with Gasteiger partial charge in [0.2, 0.25) is 10.0 Å². The molecule has 0 aromatic heterocycles. The van der Waals surface area contributed by atoms with Crippen molar-refractivity contribution in [2.24, 2.45) is 0 Å². The monoisotopic (exact) mass is 347 g/mol. The molecule has 2 aromatic carbocycles. The smallest absolute Gasteiger partial charge is 0.240 e. The number of hydrogen-bond acceptors (Lipinski definition) is 3. The van der Waals surface area contributed by atoms with Gasteiger partial charge in [-0.05, 0) is 47.7 Å². The zero-order valence-corrected chi connectivity index (χ0v) is 15.3. The van der Waals surface area contributed by atoms with E-state index in [1.165, 1.54) is 5.56 Å². The summed E-state index contributed by atoms with van der Waals surface area (Å²) in [7, 11) is -3.49. The summed E-state index contributed by atoms with van der Waals surface area (Å²) in [6, 6.07) is 14.8. The van der Waals surface area contributed by atoms with Crippen molar-refractivity contribution in [3.63, 3.8) is 0 Å². The van der Waals surface area contributed by atoms with Crippen LogP contribution in [-0.4, -0.2) is 21.6 Å². The number of sulfonamides is 1. The lowest BCUT2D eigenvalue weighted by atomic mass is 10.0. The van der Waals surface area contributed by atoms with E-state index in [1.807, 2.05) is 43.3 Å². The Balaban J connectivity index is 1.84. The molecule has 0 aliphatic rings. The van der Waals surface area contributed by atoms with Gasteiger partial charge in [0.05, 0.1) is 4.90 Å². The van der Waals surface area contributed by atoms with Gasteiger partial charge in [0.1, 0.15) is 12.4 Å². The van der Waals surface area contributed by atoms with Crippen LogP contribution in [-0.2, 0) is 16.4 Å². The molecule has 0 aliphatic carbocycles. The predicted octanol–water partition coefficient (Wildman–Crippen LogP) is 3.73. The van der Waals surface area contributed by atoms with Crippen LogP contribution in [0.3, 0.4) is 0 Å². The Kier molecular flexibility index (Phi) is 6.40. The maximum atomic E-state index is 12.2. The molecule has 4 nitrogen and oxygen atoms in total. The molecule has 0 heterocycles. The zero-order valence-electron chi connectivity index (χ0n) is 14.5. The molecule has 2 rings (SSSR count). The molecule has 0 unspecified atom stereocenters. The topological polar surface area (TPSA) is 55.4 Å². The van der Waals surface area contributed by atoms with Crippen LogP contribution >= 0.6 is 0 Å². The van der Waals surface area contributed by atoms with E-state index in [4.69, 9.17) is 4.74 Å². The Labute approximate surface area is 144 Å². The minimum Gasteiger partial charge on any atom is -0.492 e. The first-order chi connectivity index (χ1) is 11.4. The number of nitrogens with one attached hydrogen (secondary N) is 1. The van der Waals surface area contributed by atoms with Crippen molar-refractivity contribution in [1.82, 2.24) is 4.72 Å². The molecule has 5 heteroatoms. The van der Waals surface area contributed by atoms with E-state index >= 15 is 0 Å². The van der Waals surface area contributed by atoms with E-state index in [0.29, 0.717) is 5.92 Å². The number of rotatable bonds is 8. The molecular weight excluding hydrogens is 322 g/mol. The summed E-state index contributed by atoms with van der Waals surface area (Å²) >= 11 is 0. The lowest BCUT2D eigenvalue weighted by Gasteiger charge is -2.10. The van der Waals surface area contributed by atoms with Crippen molar-refractivity contribution in [3.8, 4) is 5.75 Å². The first-order valence-corrected chi connectivity index (χ1v) is 9.72. The summed E-state index contributed by atoms with van der Waals surface area (Å²) in [5.41, 5.74) is 2.36. The van der Waals surface area contributed by atoms with Gasteiger partial charge in [-0.15, -0.1) is 0 Å². The van der Waals surface area contributed by atoms with Crippen LogP contribution in [0, 0.1) is 0 Å². The fraction of sp³-hybridized carbons (Fsp3) is 0.368. The SMILES string of the molecule is CCc1ccc(S(=O)(=O)NCCOc2ccc(C(C)C)cc2)cc1. The molecular formula is C19H25NO3S. The van der Waals surface area contributed by atoms with Gasteiger partial charge in [0.25, 0.3) is 0 Å². The van der Waals surface area contributed by atoms with Gasteiger partial charge >= 0.3 is 0 Å². The number of ether oxygens (including phenoxy) is 1. The molecule has 0 amide bonds. The van der Waals surface area contributed by atoms with E-state index in [0.717, 1.165) is 17.7 Å². The van der Waals surface area contributed by atoms with Crippen LogP contribution in [0.4, 0.5) is 0 Å². The van der Waals surface area contributed by atoms with Gasteiger partial charge < -0.3 is 4.74 Å². The molecule has 24 heavy (non-hydrogen) atoms. The van der Waals surface area contributed by atoms with E-state index in [1.54, 1.807) is 12.1 Å². The highest BCUT2D eigenvalue weighted by Crippen LogP contribution is 2.18. The fourth-order valence-corrected chi connectivity index (χ4v) is 3.29. The first kappa shape index (κ1) is 18.5. The van der Waals surface area contributed by atoms with Crippen LogP contribution in [0.5, 0.6) is 5.75 Å². The second-order valence-corrected chi connectivity index (χ2v) is 7.73. The van der Waals surface area contributed by atoms with Crippen LogP contribution in [0.25, 0.3) is 0 Å². The molecule has 2 aromatic rings. The third-order valence-corrected chi connectivity index (χ3v) is 5.33. The quantitative estimate of drug-likeness (QED) is 0.740. The van der Waals surface area contributed by atoms with Crippen LogP contribution < -0.4 is 9.46 Å². The second-order valence-electron chi connectivity index (χ2n) is 5.97. The highest BCUT2D eigenvalue weighted by atomic mass is 32.2. The molecule has 0 spiro atoms. The summed E-state index contributed by atoms with van der Waals surface area (Å²) in [4.78, 5) is 0.279. The first-order valence-electron chi connectivity index (χ1n) is 8.23. The second kappa shape index (κ2) is 8.31. The number of benzene rings is 2. The number of aryl methyl sites for hydroxylation is 1. The molecule has 130 valence electrons. The summed E-state index contributed by atoms with van der Waals surface area (Å²) in [5, 5.41) is 0. The van der Waals surface area contributed by atoms with Gasteiger partial charge in [0, 0.05) is 6.54 Å². The largest absolute Gasteiger partial charge is 0.492 e. The minimum absolute atomic E-state index is 0.226. The molecule has 1 N–H and O–H groups in total. The lowest BCUT2D eigenvalue weighted by molar-refractivity contribution is 0.322. The van der Waals surface area contributed by atoms with Gasteiger partial charge in [-0.3, -0.25) is 0 Å². The van der Waals surface area contributed by atoms with Gasteiger partial charge in [-0.1, -0.05) is 45.0 Å². The molecule has 0 atom stereocenters. The molecule has 0 aliphatic heterocycles. The van der Waals surface area contributed by atoms with Gasteiger partial charge in [0.15, 0.2) is 0 Å². The molecule has 0 bridgehead atoms. The van der Waals surface area contributed by atoms with Crippen LogP contribution in [0.15, 0.2) is 53.4 Å². The summed E-state index contributed by atoms with van der Waals surface area (Å²) in [6.45, 7) is 6.82. The molecule has 0 saturated heterocycles. The Morgan fingerprint density at radius 3 is 2.17 bits per heavy atom. The number of hydrogen-bond donors (Lipinski definition) is 1. The van der Waals surface area contributed by atoms with Crippen LogP contribution in [0.1, 0.15) is 37.8 Å². The zero-order chi connectivity index (χ0) is 17.6. The maximum absolute atomic E-state index is 12.2. The standard InChI is InChI=1S/C19H25NO3S/c1-4-16-5-11-19(12-6-16)24(21,22)20-13-14-23-18-9-7-17(8-10-18)15(2)3/h5-12,15,20H,4,13-14H2,1-3H3. The van der Waals surface area contributed by atoms with Crippen molar-refractivity contribution in [3.05, 3.63) is 59.7 Å². The van der Waals surface area contributed by atoms with E-state index in [9.17, 15) is 8.42 Å². The molecule has 0 radical (unpaired) electrons. The maximum Gasteiger partial charge on any atom is 0.240 e. The van der Waals surface area contributed by atoms with Crippen molar-refractivity contribution in [2.45, 2.75) is 38.0 Å². The lowest BCUT2D eigenvalue weighted by Crippen LogP contribution is -2.28. The van der Waals surface area contributed by atoms with E-state index in [-0.39, 0.29) is 18.0 Å². The predicted molar refractivity (Wildman–Crippen MR) is 97.0 cm³/mol. The summed E-state index contributed by atoms with van der Waals surface area (Å²) in [5.74, 6) is 1.22. The molecule has 0 fully saturated rings. The average Bonchev–Trinajstić information content (AvgIpc) is 2.59. The summed E-state index contributed by atoms with van der Waals surface area (Å²) in [6.07, 6.45) is 0.886. The fourth-order valence-electron chi connectivity index (χ4n) is 2.28. The Morgan fingerprint density at radius 2 is 1.62 bits per heavy atom. The van der Waals surface area contributed by atoms with Crippen molar-refractivity contribution < 1.29 is 13.2 Å². The highest BCUT2D eigenvalue weighted by Gasteiger charge is 2.12. The van der Waals surface area contributed by atoms with Gasteiger partial charge in [-0.2, -0.15) is 0 Å². The van der Waals surface area contributed by atoms with Crippen molar-refractivity contribution in [2.75, 3.05) is 13.2 Å². The third-order valence-electron chi connectivity index (χ3n) is 3.85. The van der Waals surface area contributed by atoms with Crippen molar-refractivity contribution in [1.29, 1.82) is 0 Å².